The maximum absolute atomic E-state index is 6.01. The summed E-state index contributed by atoms with van der Waals surface area (Å²) < 4.78 is 6.01. The minimum Gasteiger partial charge on any atom is -0.374 e. The van der Waals surface area contributed by atoms with Crippen LogP contribution < -0.4 is 0 Å². The van der Waals surface area contributed by atoms with Crippen molar-refractivity contribution in [3.05, 3.63) is 0 Å². The maximum Gasteiger partial charge on any atom is 0.0601 e. The molecule has 1 nitrogen and oxygen atoms in total. The zero-order chi connectivity index (χ0) is 9.14. The fourth-order valence-corrected chi connectivity index (χ4v) is 1.86. The lowest BCUT2D eigenvalue weighted by Gasteiger charge is -2.34. The summed E-state index contributed by atoms with van der Waals surface area (Å²) >= 11 is 0. The van der Waals surface area contributed by atoms with Crippen molar-refractivity contribution in [3.8, 4) is 0 Å². The predicted molar refractivity (Wildman–Crippen MR) is 52.2 cm³/mol. The van der Waals surface area contributed by atoms with Crippen molar-refractivity contribution in [2.45, 2.75) is 59.2 Å². The molecule has 1 aliphatic rings. The Hall–Kier alpha value is -0.0400. The zero-order valence-electron chi connectivity index (χ0n) is 8.84. The van der Waals surface area contributed by atoms with Gasteiger partial charge in [0.25, 0.3) is 0 Å². The molecule has 1 fully saturated rings. The van der Waals surface area contributed by atoms with Gasteiger partial charge in [0.15, 0.2) is 0 Å². The Balaban J connectivity index is 2.40. The van der Waals surface area contributed by atoms with E-state index in [0.29, 0.717) is 24.0 Å². The van der Waals surface area contributed by atoms with Crippen LogP contribution in [-0.4, -0.2) is 12.2 Å². The van der Waals surface area contributed by atoms with E-state index in [-0.39, 0.29) is 0 Å². The highest BCUT2D eigenvalue weighted by Gasteiger charge is 2.26. The molecule has 0 aromatic rings. The van der Waals surface area contributed by atoms with Crippen LogP contribution in [-0.2, 0) is 4.74 Å². The summed E-state index contributed by atoms with van der Waals surface area (Å²) in [6.45, 7) is 9.03. The van der Waals surface area contributed by atoms with Gasteiger partial charge in [-0.25, -0.2) is 0 Å². The molecule has 0 aromatic heterocycles. The Morgan fingerprint density at radius 1 is 0.917 bits per heavy atom. The van der Waals surface area contributed by atoms with E-state index in [1.165, 1.54) is 19.3 Å². The molecule has 12 heavy (non-hydrogen) atoms. The van der Waals surface area contributed by atoms with E-state index in [2.05, 4.69) is 27.7 Å². The molecule has 1 aliphatic heterocycles. The summed E-state index contributed by atoms with van der Waals surface area (Å²) in [5.74, 6) is 1.37. The molecule has 0 amide bonds. The largest absolute Gasteiger partial charge is 0.374 e. The van der Waals surface area contributed by atoms with Gasteiger partial charge in [0.05, 0.1) is 12.2 Å². The van der Waals surface area contributed by atoms with Crippen LogP contribution >= 0.6 is 0 Å². The van der Waals surface area contributed by atoms with Crippen LogP contribution in [0.15, 0.2) is 0 Å². The van der Waals surface area contributed by atoms with Crippen molar-refractivity contribution in [2.75, 3.05) is 0 Å². The predicted octanol–water partition coefficient (Wildman–Crippen LogP) is 3.24. The molecule has 0 spiro atoms. The third-order valence-electron chi connectivity index (χ3n) is 2.81. The second-order valence-corrected chi connectivity index (χ2v) is 4.63. The Morgan fingerprint density at radius 3 is 1.67 bits per heavy atom. The lowest BCUT2D eigenvalue weighted by Crippen LogP contribution is -2.34. The van der Waals surface area contributed by atoms with Crippen LogP contribution in [0.3, 0.4) is 0 Å². The number of ether oxygens (including phenoxy) is 1. The van der Waals surface area contributed by atoms with E-state index >= 15 is 0 Å². The number of rotatable bonds is 2. The Bertz CT molecular complexity index is 115. The minimum absolute atomic E-state index is 0.520. The van der Waals surface area contributed by atoms with E-state index in [1.54, 1.807) is 0 Å². The molecule has 0 saturated carbocycles. The van der Waals surface area contributed by atoms with Crippen LogP contribution in [0, 0.1) is 11.8 Å². The first-order valence-electron chi connectivity index (χ1n) is 5.26. The van der Waals surface area contributed by atoms with Crippen LogP contribution in [0.4, 0.5) is 0 Å². The summed E-state index contributed by atoms with van der Waals surface area (Å²) in [6.07, 6.45) is 4.92. The zero-order valence-corrected chi connectivity index (χ0v) is 8.84. The maximum atomic E-state index is 6.01. The summed E-state index contributed by atoms with van der Waals surface area (Å²) in [4.78, 5) is 0. The molecule has 0 N–H and O–H groups in total. The van der Waals surface area contributed by atoms with Crippen molar-refractivity contribution >= 4 is 0 Å². The highest BCUT2D eigenvalue weighted by atomic mass is 16.5. The molecule has 0 radical (unpaired) electrons. The monoisotopic (exact) mass is 170 g/mol. The summed E-state index contributed by atoms with van der Waals surface area (Å²) in [5.41, 5.74) is 0. The molecule has 2 unspecified atom stereocenters. The van der Waals surface area contributed by atoms with E-state index in [1.807, 2.05) is 0 Å². The lowest BCUT2D eigenvalue weighted by molar-refractivity contribution is -0.0892. The van der Waals surface area contributed by atoms with Crippen LogP contribution in [0.2, 0.25) is 0 Å². The fraction of sp³-hybridized carbons (Fsp3) is 1.00. The lowest BCUT2D eigenvalue weighted by atomic mass is 9.92. The van der Waals surface area contributed by atoms with Crippen molar-refractivity contribution < 1.29 is 4.74 Å². The molecule has 0 aromatic carbocycles. The van der Waals surface area contributed by atoms with Gasteiger partial charge in [-0.2, -0.15) is 0 Å². The summed E-state index contributed by atoms with van der Waals surface area (Å²) in [6, 6.07) is 0. The third-order valence-corrected chi connectivity index (χ3v) is 2.81. The van der Waals surface area contributed by atoms with Gasteiger partial charge in [0.2, 0.25) is 0 Å². The fourth-order valence-electron chi connectivity index (χ4n) is 1.86. The average molecular weight is 170 g/mol. The van der Waals surface area contributed by atoms with Gasteiger partial charge in [0.1, 0.15) is 0 Å². The first-order valence-corrected chi connectivity index (χ1v) is 5.26. The van der Waals surface area contributed by atoms with Crippen molar-refractivity contribution in [3.63, 3.8) is 0 Å². The molecule has 1 heterocycles. The van der Waals surface area contributed by atoms with Crippen LogP contribution in [0.1, 0.15) is 47.0 Å². The quantitative estimate of drug-likeness (QED) is 0.618. The van der Waals surface area contributed by atoms with Gasteiger partial charge < -0.3 is 4.74 Å². The van der Waals surface area contributed by atoms with E-state index in [9.17, 15) is 0 Å². The standard InChI is InChI=1S/C11H22O/c1-8(2)10-6-5-7-11(12-10)9(3)4/h8-11H,5-7H2,1-4H3. The van der Waals surface area contributed by atoms with E-state index < -0.39 is 0 Å². The summed E-state index contributed by atoms with van der Waals surface area (Å²) in [5, 5.41) is 0. The van der Waals surface area contributed by atoms with Crippen LogP contribution in [0.5, 0.6) is 0 Å². The van der Waals surface area contributed by atoms with Gasteiger partial charge in [-0.15, -0.1) is 0 Å². The third kappa shape index (κ3) is 2.48. The van der Waals surface area contributed by atoms with E-state index in [4.69, 9.17) is 4.74 Å². The molecular formula is C11H22O. The average Bonchev–Trinajstić information content (AvgIpc) is 2.04. The van der Waals surface area contributed by atoms with Gasteiger partial charge in [-0.05, 0) is 31.1 Å². The number of hydrogen-bond donors (Lipinski definition) is 0. The van der Waals surface area contributed by atoms with Gasteiger partial charge in [-0.3, -0.25) is 0 Å². The number of hydrogen-bond acceptors (Lipinski definition) is 1. The molecule has 2 atom stereocenters. The van der Waals surface area contributed by atoms with E-state index in [0.717, 1.165) is 0 Å². The Kier molecular flexibility index (Phi) is 3.57. The molecule has 1 rings (SSSR count). The smallest absolute Gasteiger partial charge is 0.0601 e. The molecule has 0 aliphatic carbocycles. The van der Waals surface area contributed by atoms with Crippen molar-refractivity contribution in [1.29, 1.82) is 0 Å². The Morgan fingerprint density at radius 2 is 1.33 bits per heavy atom. The SMILES string of the molecule is CC(C)C1CCCC(C(C)C)O1. The Labute approximate surface area is 76.5 Å². The highest BCUT2D eigenvalue weighted by Crippen LogP contribution is 2.27. The molecule has 1 heteroatoms. The first kappa shape index (κ1) is 10.0. The minimum atomic E-state index is 0.520. The second-order valence-electron chi connectivity index (χ2n) is 4.63. The van der Waals surface area contributed by atoms with Crippen molar-refractivity contribution in [2.24, 2.45) is 11.8 Å². The van der Waals surface area contributed by atoms with Crippen LogP contribution in [0.25, 0.3) is 0 Å². The van der Waals surface area contributed by atoms with Gasteiger partial charge in [0, 0.05) is 0 Å². The summed E-state index contributed by atoms with van der Waals surface area (Å²) in [7, 11) is 0. The molecular weight excluding hydrogens is 148 g/mol. The van der Waals surface area contributed by atoms with Crippen molar-refractivity contribution in [1.82, 2.24) is 0 Å². The van der Waals surface area contributed by atoms with Gasteiger partial charge >= 0.3 is 0 Å². The normalized spacial score (nSPS) is 31.5. The molecule has 1 saturated heterocycles. The first-order chi connectivity index (χ1) is 5.61. The molecule has 0 bridgehead atoms. The topological polar surface area (TPSA) is 9.23 Å². The highest BCUT2D eigenvalue weighted by molar-refractivity contribution is 4.74. The second kappa shape index (κ2) is 4.27. The molecule has 72 valence electrons. The van der Waals surface area contributed by atoms with Gasteiger partial charge in [-0.1, -0.05) is 27.7 Å².